The summed E-state index contributed by atoms with van der Waals surface area (Å²) in [5, 5.41) is 12.2. The van der Waals surface area contributed by atoms with Gasteiger partial charge in [-0.15, -0.1) is 0 Å². The van der Waals surface area contributed by atoms with Crippen molar-refractivity contribution >= 4 is 11.6 Å². The van der Waals surface area contributed by atoms with Gasteiger partial charge in [0, 0.05) is 64.2 Å². The fourth-order valence-corrected chi connectivity index (χ4v) is 3.33. The highest BCUT2D eigenvalue weighted by atomic mass is 19.1. The zero-order valence-electron chi connectivity index (χ0n) is 15.9. The first-order valence-corrected chi connectivity index (χ1v) is 9.60. The summed E-state index contributed by atoms with van der Waals surface area (Å²) < 4.78 is 18.4. The van der Waals surface area contributed by atoms with Crippen LogP contribution in [0.1, 0.15) is 0 Å². The second-order valence-corrected chi connectivity index (χ2v) is 6.86. The topological polar surface area (TPSA) is 71.8 Å². The van der Waals surface area contributed by atoms with Crippen molar-refractivity contribution in [3.05, 3.63) is 41.9 Å². The molecule has 1 N–H and O–H groups in total. The number of piperazine rings is 1. The maximum atomic E-state index is 13.1. The molecule has 0 bridgehead atoms. The van der Waals surface area contributed by atoms with E-state index in [9.17, 15) is 14.4 Å². The van der Waals surface area contributed by atoms with Crippen LogP contribution in [0.4, 0.5) is 10.1 Å². The Morgan fingerprint density at radius 1 is 1.14 bits per heavy atom. The quantitative estimate of drug-likeness (QED) is 0.575. The number of ether oxygens (including phenoxy) is 1. The van der Waals surface area contributed by atoms with Crippen LogP contribution in [-0.2, 0) is 9.53 Å². The van der Waals surface area contributed by atoms with Gasteiger partial charge in [-0.1, -0.05) is 0 Å². The van der Waals surface area contributed by atoms with Crippen molar-refractivity contribution in [3.63, 3.8) is 0 Å². The van der Waals surface area contributed by atoms with Crippen molar-refractivity contribution < 1.29 is 13.9 Å². The minimum atomic E-state index is -0.336. The summed E-state index contributed by atoms with van der Waals surface area (Å²) in [6.07, 6.45) is 1.64. The predicted molar refractivity (Wildman–Crippen MR) is 104 cm³/mol. The molecule has 2 saturated heterocycles. The van der Waals surface area contributed by atoms with Crippen LogP contribution in [0.2, 0.25) is 0 Å². The van der Waals surface area contributed by atoms with Crippen LogP contribution in [0.3, 0.4) is 0 Å². The molecule has 8 heteroatoms. The van der Waals surface area contributed by atoms with Gasteiger partial charge in [-0.25, -0.2) is 4.39 Å². The molecule has 2 fully saturated rings. The maximum absolute atomic E-state index is 13.1. The van der Waals surface area contributed by atoms with Crippen LogP contribution in [-0.4, -0.2) is 81.3 Å². The summed E-state index contributed by atoms with van der Waals surface area (Å²) in [6, 6.07) is 8.45. The lowest BCUT2D eigenvalue weighted by atomic mass is 10.2. The number of nitrogens with one attached hydrogen (secondary N) is 1. The van der Waals surface area contributed by atoms with E-state index in [2.05, 4.69) is 15.1 Å². The second-order valence-electron chi connectivity index (χ2n) is 6.86. The number of halogens is 1. The number of nitriles is 1. The Balaban J connectivity index is 1.45. The maximum Gasteiger partial charge on any atom is 0.263 e. The fraction of sp³-hybridized carbons (Fsp3) is 0.500. The molecule has 0 saturated carbocycles. The Labute approximate surface area is 165 Å². The summed E-state index contributed by atoms with van der Waals surface area (Å²) in [6.45, 7) is 7.35. The van der Waals surface area contributed by atoms with Gasteiger partial charge in [0.1, 0.15) is 17.5 Å². The van der Waals surface area contributed by atoms with E-state index in [0.29, 0.717) is 19.6 Å². The van der Waals surface area contributed by atoms with Gasteiger partial charge in [-0.05, 0) is 24.3 Å². The first-order chi connectivity index (χ1) is 13.7. The highest BCUT2D eigenvalue weighted by molar-refractivity contribution is 5.97. The van der Waals surface area contributed by atoms with E-state index in [-0.39, 0.29) is 17.3 Å². The number of amides is 1. The Kier molecular flexibility index (Phi) is 7.23. The SMILES string of the molecule is N#C/C(=C/N1CCN(c2ccc(F)cc2)CC1)C(=O)NCCN1CCOCC1. The molecule has 1 amide bonds. The number of rotatable bonds is 6. The molecule has 1 aromatic carbocycles. The first kappa shape index (κ1) is 20.1. The normalized spacial score (nSPS) is 18.6. The van der Waals surface area contributed by atoms with E-state index in [4.69, 9.17) is 4.74 Å². The van der Waals surface area contributed by atoms with E-state index in [0.717, 1.165) is 51.6 Å². The lowest BCUT2D eigenvalue weighted by Crippen LogP contribution is -2.44. The van der Waals surface area contributed by atoms with Crippen molar-refractivity contribution in [1.82, 2.24) is 15.1 Å². The third-order valence-corrected chi connectivity index (χ3v) is 5.00. The molecule has 2 aliphatic rings. The molecule has 3 rings (SSSR count). The molecule has 28 heavy (non-hydrogen) atoms. The number of benzene rings is 1. The zero-order valence-corrected chi connectivity index (χ0v) is 15.9. The number of morpholine rings is 1. The van der Waals surface area contributed by atoms with Gasteiger partial charge in [-0.2, -0.15) is 5.26 Å². The molecular formula is C20H26FN5O2. The summed E-state index contributed by atoms with van der Waals surface area (Å²) in [5.74, 6) is -0.583. The van der Waals surface area contributed by atoms with E-state index >= 15 is 0 Å². The van der Waals surface area contributed by atoms with Gasteiger partial charge in [0.05, 0.1) is 13.2 Å². The molecule has 2 aliphatic heterocycles. The minimum absolute atomic E-state index is 0.122. The highest BCUT2D eigenvalue weighted by Gasteiger charge is 2.18. The Hall–Kier alpha value is -2.63. The lowest BCUT2D eigenvalue weighted by molar-refractivity contribution is -0.117. The van der Waals surface area contributed by atoms with Crippen molar-refractivity contribution in [1.29, 1.82) is 5.26 Å². The Morgan fingerprint density at radius 3 is 2.46 bits per heavy atom. The number of hydrogen-bond acceptors (Lipinski definition) is 6. The highest BCUT2D eigenvalue weighted by Crippen LogP contribution is 2.17. The van der Waals surface area contributed by atoms with Crippen LogP contribution >= 0.6 is 0 Å². The molecule has 7 nitrogen and oxygen atoms in total. The molecule has 0 atom stereocenters. The second kappa shape index (κ2) is 10.1. The van der Waals surface area contributed by atoms with Crippen LogP contribution in [0.15, 0.2) is 36.0 Å². The summed E-state index contributed by atoms with van der Waals surface area (Å²) in [5.41, 5.74) is 1.10. The third-order valence-electron chi connectivity index (χ3n) is 5.00. The van der Waals surface area contributed by atoms with Crippen molar-refractivity contribution in [2.45, 2.75) is 0 Å². The standard InChI is InChI=1S/C20H26FN5O2/c21-18-1-3-19(4-2-18)26-9-7-25(8-10-26)16-17(15-22)20(27)23-5-6-24-11-13-28-14-12-24/h1-4,16H,5-14H2,(H,23,27)/b17-16-. The van der Waals surface area contributed by atoms with E-state index < -0.39 is 0 Å². The van der Waals surface area contributed by atoms with Gasteiger partial charge in [0.2, 0.25) is 0 Å². The van der Waals surface area contributed by atoms with Crippen LogP contribution < -0.4 is 10.2 Å². The van der Waals surface area contributed by atoms with E-state index in [1.807, 2.05) is 11.0 Å². The molecule has 0 unspecified atom stereocenters. The van der Waals surface area contributed by atoms with Crippen LogP contribution in [0, 0.1) is 17.1 Å². The van der Waals surface area contributed by atoms with Crippen molar-refractivity contribution in [2.75, 3.05) is 70.5 Å². The van der Waals surface area contributed by atoms with Crippen molar-refractivity contribution in [3.8, 4) is 6.07 Å². The van der Waals surface area contributed by atoms with Gasteiger partial charge in [0.25, 0.3) is 5.91 Å². The number of carbonyl (C=O) groups excluding carboxylic acids is 1. The Bertz CT molecular complexity index is 717. The number of carbonyl (C=O) groups is 1. The fourth-order valence-electron chi connectivity index (χ4n) is 3.33. The van der Waals surface area contributed by atoms with E-state index in [1.54, 1.807) is 18.3 Å². The van der Waals surface area contributed by atoms with Gasteiger partial charge in [0.15, 0.2) is 0 Å². The van der Waals surface area contributed by atoms with Gasteiger partial charge in [-0.3, -0.25) is 9.69 Å². The van der Waals surface area contributed by atoms with Gasteiger partial charge < -0.3 is 19.9 Å². The zero-order chi connectivity index (χ0) is 19.8. The third kappa shape index (κ3) is 5.68. The average Bonchev–Trinajstić information content (AvgIpc) is 2.74. The monoisotopic (exact) mass is 387 g/mol. The molecule has 0 aromatic heterocycles. The average molecular weight is 387 g/mol. The molecule has 0 spiro atoms. The molecule has 150 valence electrons. The largest absolute Gasteiger partial charge is 0.379 e. The summed E-state index contributed by atoms with van der Waals surface area (Å²) in [7, 11) is 0. The molecule has 1 aromatic rings. The molecule has 0 radical (unpaired) electrons. The van der Waals surface area contributed by atoms with Gasteiger partial charge >= 0.3 is 0 Å². The first-order valence-electron chi connectivity index (χ1n) is 9.60. The van der Waals surface area contributed by atoms with Crippen molar-refractivity contribution in [2.24, 2.45) is 0 Å². The Morgan fingerprint density at radius 2 is 1.82 bits per heavy atom. The van der Waals surface area contributed by atoms with E-state index in [1.165, 1.54) is 12.1 Å². The molecular weight excluding hydrogens is 361 g/mol. The van der Waals surface area contributed by atoms with Crippen LogP contribution in [0.25, 0.3) is 0 Å². The smallest absolute Gasteiger partial charge is 0.263 e. The number of nitrogens with zero attached hydrogens (tertiary/aromatic N) is 4. The molecule has 2 heterocycles. The summed E-state index contributed by atoms with van der Waals surface area (Å²) >= 11 is 0. The predicted octanol–water partition coefficient (Wildman–Crippen LogP) is 0.804. The number of hydrogen-bond donors (Lipinski definition) is 1. The van der Waals surface area contributed by atoms with Crippen LogP contribution in [0.5, 0.6) is 0 Å². The summed E-state index contributed by atoms with van der Waals surface area (Å²) in [4.78, 5) is 18.7. The minimum Gasteiger partial charge on any atom is -0.379 e. The number of anilines is 1. The lowest BCUT2D eigenvalue weighted by Gasteiger charge is -2.35. The molecule has 0 aliphatic carbocycles.